The van der Waals surface area contributed by atoms with Crippen LogP contribution in [-0.4, -0.2) is 49.2 Å². The van der Waals surface area contributed by atoms with E-state index in [0.29, 0.717) is 10.9 Å². The van der Waals surface area contributed by atoms with Gasteiger partial charge in [0.15, 0.2) is 0 Å². The second kappa shape index (κ2) is 10.5. The molecule has 25 heavy (non-hydrogen) atoms. The van der Waals surface area contributed by atoms with Crippen LogP contribution >= 0.6 is 36.4 Å². The number of hydrogen-bond acceptors (Lipinski definition) is 5. The first-order valence-electron chi connectivity index (χ1n) is 8.13. The van der Waals surface area contributed by atoms with Crippen molar-refractivity contribution in [1.82, 2.24) is 10.2 Å². The van der Waals surface area contributed by atoms with Crippen LogP contribution in [0.1, 0.15) is 24.4 Å². The first kappa shape index (κ1) is 22.4. The van der Waals surface area contributed by atoms with Gasteiger partial charge < -0.3 is 10.1 Å². The van der Waals surface area contributed by atoms with Gasteiger partial charge in [-0.15, -0.1) is 24.8 Å². The number of non-ortho nitro benzene ring substituents is 1. The SMILES string of the molecule is Cl.Cl.O=[N+]([O-])c1ccc(Cl)c([C@@H](C2CCOCC2)N2CCNCC2)c1. The van der Waals surface area contributed by atoms with E-state index >= 15 is 0 Å². The Morgan fingerprint density at radius 2 is 1.88 bits per heavy atom. The fourth-order valence-corrected chi connectivity index (χ4v) is 3.84. The molecule has 0 saturated carbocycles. The minimum atomic E-state index is -0.349. The Morgan fingerprint density at radius 3 is 2.48 bits per heavy atom. The third-order valence-corrected chi connectivity index (χ3v) is 5.11. The Kier molecular flexibility index (Phi) is 9.41. The lowest BCUT2D eigenvalue weighted by molar-refractivity contribution is -0.385. The van der Waals surface area contributed by atoms with Crippen molar-refractivity contribution in [2.45, 2.75) is 18.9 Å². The Hall–Kier alpha value is -0.630. The van der Waals surface area contributed by atoms with Crippen molar-refractivity contribution < 1.29 is 9.66 Å². The standard InChI is InChI=1S/C16H22ClN3O3.2ClH/c17-15-2-1-13(20(21)22)11-14(15)16(12-3-9-23-10-4-12)19-7-5-18-6-8-19;;/h1-2,11-12,16,18H,3-10H2;2*1H/t16-;;/m1../s1. The maximum Gasteiger partial charge on any atom is 0.269 e. The van der Waals surface area contributed by atoms with Crippen molar-refractivity contribution in [2.24, 2.45) is 5.92 Å². The molecule has 2 aliphatic heterocycles. The largest absolute Gasteiger partial charge is 0.381 e. The summed E-state index contributed by atoms with van der Waals surface area (Å²) in [6.07, 6.45) is 1.93. The van der Waals surface area contributed by atoms with E-state index in [0.717, 1.165) is 57.8 Å². The van der Waals surface area contributed by atoms with Crippen LogP contribution in [0.15, 0.2) is 18.2 Å². The minimum Gasteiger partial charge on any atom is -0.381 e. The van der Waals surface area contributed by atoms with E-state index in [1.807, 2.05) is 0 Å². The number of piperazine rings is 1. The second-order valence-corrected chi connectivity index (χ2v) is 6.55. The Labute approximate surface area is 165 Å². The van der Waals surface area contributed by atoms with Crippen molar-refractivity contribution in [3.8, 4) is 0 Å². The molecule has 6 nitrogen and oxygen atoms in total. The van der Waals surface area contributed by atoms with Crippen LogP contribution in [0, 0.1) is 16.0 Å². The monoisotopic (exact) mass is 411 g/mol. The molecule has 0 spiro atoms. The van der Waals surface area contributed by atoms with E-state index in [4.69, 9.17) is 16.3 Å². The zero-order valence-corrected chi connectivity index (χ0v) is 16.2. The molecule has 0 bridgehead atoms. The molecule has 2 fully saturated rings. The van der Waals surface area contributed by atoms with Crippen LogP contribution in [0.2, 0.25) is 5.02 Å². The van der Waals surface area contributed by atoms with E-state index in [9.17, 15) is 10.1 Å². The van der Waals surface area contributed by atoms with Gasteiger partial charge in [0.05, 0.1) is 4.92 Å². The van der Waals surface area contributed by atoms with E-state index in [1.54, 1.807) is 12.1 Å². The van der Waals surface area contributed by atoms with Gasteiger partial charge in [0, 0.05) is 62.6 Å². The molecule has 3 rings (SSSR count). The molecule has 0 radical (unpaired) electrons. The highest BCUT2D eigenvalue weighted by Gasteiger charge is 2.33. The van der Waals surface area contributed by atoms with Crippen molar-refractivity contribution in [1.29, 1.82) is 0 Å². The third-order valence-electron chi connectivity index (χ3n) is 4.77. The lowest BCUT2D eigenvalue weighted by Crippen LogP contribution is -2.47. The van der Waals surface area contributed by atoms with Gasteiger partial charge in [-0.1, -0.05) is 11.6 Å². The fourth-order valence-electron chi connectivity index (χ4n) is 3.61. The number of halogens is 3. The predicted molar refractivity (Wildman–Crippen MR) is 103 cm³/mol. The first-order chi connectivity index (χ1) is 11.2. The average molecular weight is 413 g/mol. The lowest BCUT2D eigenvalue weighted by atomic mass is 9.85. The summed E-state index contributed by atoms with van der Waals surface area (Å²) >= 11 is 6.44. The number of nitrogens with zero attached hydrogens (tertiary/aromatic N) is 2. The maximum atomic E-state index is 11.2. The molecular weight excluding hydrogens is 389 g/mol. The van der Waals surface area contributed by atoms with Crippen LogP contribution in [-0.2, 0) is 4.74 Å². The normalized spacial score (nSPS) is 20.2. The van der Waals surface area contributed by atoms with Crippen molar-refractivity contribution in [2.75, 3.05) is 39.4 Å². The van der Waals surface area contributed by atoms with Crippen LogP contribution in [0.25, 0.3) is 0 Å². The van der Waals surface area contributed by atoms with E-state index in [-0.39, 0.29) is 41.5 Å². The average Bonchev–Trinajstić information content (AvgIpc) is 2.58. The van der Waals surface area contributed by atoms with E-state index in [2.05, 4.69) is 10.2 Å². The number of benzene rings is 1. The summed E-state index contributed by atoms with van der Waals surface area (Å²) in [5.41, 5.74) is 0.992. The smallest absolute Gasteiger partial charge is 0.269 e. The second-order valence-electron chi connectivity index (χ2n) is 6.14. The predicted octanol–water partition coefficient (Wildman–Crippen LogP) is 3.46. The van der Waals surface area contributed by atoms with E-state index < -0.39 is 0 Å². The highest BCUT2D eigenvalue weighted by Crippen LogP contribution is 2.39. The summed E-state index contributed by atoms with van der Waals surface area (Å²) in [7, 11) is 0. The van der Waals surface area contributed by atoms with Crippen molar-refractivity contribution >= 4 is 42.1 Å². The molecule has 0 aliphatic carbocycles. The molecule has 2 saturated heterocycles. The maximum absolute atomic E-state index is 11.2. The number of nitro groups is 1. The number of hydrogen-bond donors (Lipinski definition) is 1. The molecule has 1 atom stereocenters. The van der Waals surface area contributed by atoms with Gasteiger partial charge in [-0.3, -0.25) is 15.0 Å². The summed E-state index contributed by atoms with van der Waals surface area (Å²) in [6, 6.07) is 4.91. The fraction of sp³-hybridized carbons (Fsp3) is 0.625. The first-order valence-corrected chi connectivity index (χ1v) is 8.51. The van der Waals surface area contributed by atoms with Gasteiger partial charge in [0.2, 0.25) is 0 Å². The Morgan fingerprint density at radius 1 is 1.24 bits per heavy atom. The number of rotatable bonds is 4. The zero-order valence-electron chi connectivity index (χ0n) is 13.9. The lowest BCUT2D eigenvalue weighted by Gasteiger charge is -2.41. The molecule has 1 aromatic carbocycles. The summed E-state index contributed by atoms with van der Waals surface area (Å²) in [4.78, 5) is 13.2. The molecule has 0 unspecified atom stereocenters. The zero-order chi connectivity index (χ0) is 16.2. The summed E-state index contributed by atoms with van der Waals surface area (Å²) in [6.45, 7) is 5.24. The third kappa shape index (κ3) is 5.42. The van der Waals surface area contributed by atoms with Gasteiger partial charge in [-0.25, -0.2) is 0 Å². The highest BCUT2D eigenvalue weighted by atomic mass is 35.5. The quantitative estimate of drug-likeness (QED) is 0.606. The number of nitro benzene ring substituents is 1. The molecule has 1 N–H and O–H groups in total. The molecule has 9 heteroatoms. The topological polar surface area (TPSA) is 67.6 Å². The van der Waals surface area contributed by atoms with Crippen LogP contribution < -0.4 is 5.32 Å². The van der Waals surface area contributed by atoms with Crippen LogP contribution in [0.3, 0.4) is 0 Å². The number of ether oxygens (including phenoxy) is 1. The molecular formula is C16H24Cl3N3O3. The van der Waals surface area contributed by atoms with Gasteiger partial charge in [0.1, 0.15) is 0 Å². The molecule has 0 aromatic heterocycles. The molecule has 2 aliphatic rings. The van der Waals surface area contributed by atoms with Crippen LogP contribution in [0.4, 0.5) is 5.69 Å². The molecule has 0 amide bonds. The van der Waals surface area contributed by atoms with Crippen LogP contribution in [0.5, 0.6) is 0 Å². The van der Waals surface area contributed by atoms with Gasteiger partial charge in [-0.2, -0.15) is 0 Å². The van der Waals surface area contributed by atoms with Crippen molar-refractivity contribution in [3.63, 3.8) is 0 Å². The highest BCUT2D eigenvalue weighted by molar-refractivity contribution is 6.31. The molecule has 1 aromatic rings. The van der Waals surface area contributed by atoms with Gasteiger partial charge in [-0.05, 0) is 30.4 Å². The molecule has 142 valence electrons. The Bertz CT molecular complexity index is 547. The number of nitrogens with one attached hydrogen (secondary N) is 1. The summed E-state index contributed by atoms with van der Waals surface area (Å²) in [5, 5.41) is 15.1. The summed E-state index contributed by atoms with van der Waals surface area (Å²) < 4.78 is 5.49. The Balaban J connectivity index is 0.00000156. The molecule has 2 heterocycles. The minimum absolute atomic E-state index is 0. The summed E-state index contributed by atoms with van der Waals surface area (Å²) in [5.74, 6) is 0.418. The van der Waals surface area contributed by atoms with Crippen molar-refractivity contribution in [3.05, 3.63) is 38.9 Å². The van der Waals surface area contributed by atoms with Gasteiger partial charge >= 0.3 is 0 Å². The van der Waals surface area contributed by atoms with Gasteiger partial charge in [0.25, 0.3) is 5.69 Å². The van der Waals surface area contributed by atoms with E-state index in [1.165, 1.54) is 6.07 Å².